The smallest absolute Gasteiger partial charge is 0.0991 e. The highest BCUT2D eigenvalue weighted by atomic mass is 16.3. The predicted octanol–water partition coefficient (Wildman–Crippen LogP) is 1.82. The fourth-order valence-electron chi connectivity index (χ4n) is 2.47. The van der Waals surface area contributed by atoms with Gasteiger partial charge in [-0.05, 0) is 49.6 Å². The van der Waals surface area contributed by atoms with E-state index in [2.05, 4.69) is 11.0 Å². The summed E-state index contributed by atoms with van der Waals surface area (Å²) >= 11 is 0. The summed E-state index contributed by atoms with van der Waals surface area (Å²) in [6.07, 6.45) is 2.26. The molecule has 0 saturated carbocycles. The van der Waals surface area contributed by atoms with Gasteiger partial charge in [0.05, 0.1) is 18.2 Å². The van der Waals surface area contributed by atoms with Crippen LogP contribution in [0.5, 0.6) is 0 Å². The summed E-state index contributed by atoms with van der Waals surface area (Å²) in [5.41, 5.74) is 3.13. The zero-order chi connectivity index (χ0) is 12.3. The molecule has 0 aliphatic carbocycles. The summed E-state index contributed by atoms with van der Waals surface area (Å²) < 4.78 is 0. The molecule has 2 rings (SSSR count). The second-order valence-electron chi connectivity index (χ2n) is 4.70. The molecule has 0 radical (unpaired) electrons. The van der Waals surface area contributed by atoms with Gasteiger partial charge in [-0.3, -0.25) is 4.90 Å². The fourth-order valence-corrected chi connectivity index (χ4v) is 2.47. The summed E-state index contributed by atoms with van der Waals surface area (Å²) in [5.74, 6) is 0. The van der Waals surface area contributed by atoms with Crippen LogP contribution < -0.4 is 0 Å². The lowest BCUT2D eigenvalue weighted by Gasteiger charge is -2.23. The molecule has 17 heavy (non-hydrogen) atoms. The molecule has 0 amide bonds. The summed E-state index contributed by atoms with van der Waals surface area (Å²) in [5, 5.41) is 18.1. The predicted molar refractivity (Wildman–Crippen MR) is 66.4 cm³/mol. The van der Waals surface area contributed by atoms with Gasteiger partial charge in [-0.1, -0.05) is 6.07 Å². The lowest BCUT2D eigenvalue weighted by molar-refractivity contribution is 0.153. The van der Waals surface area contributed by atoms with Crippen molar-refractivity contribution in [1.29, 1.82) is 5.26 Å². The molecule has 0 spiro atoms. The highest BCUT2D eigenvalue weighted by Crippen LogP contribution is 2.21. The third-order valence-electron chi connectivity index (χ3n) is 3.55. The molecule has 1 N–H and O–H groups in total. The summed E-state index contributed by atoms with van der Waals surface area (Å²) in [7, 11) is 0. The summed E-state index contributed by atoms with van der Waals surface area (Å²) in [6.45, 7) is 4.23. The normalized spacial score (nSPS) is 20.4. The van der Waals surface area contributed by atoms with E-state index in [1.165, 1.54) is 12.0 Å². The van der Waals surface area contributed by atoms with Crippen molar-refractivity contribution in [1.82, 2.24) is 4.90 Å². The Morgan fingerprint density at radius 2 is 2.35 bits per heavy atom. The largest absolute Gasteiger partial charge is 0.395 e. The van der Waals surface area contributed by atoms with Gasteiger partial charge in [0.25, 0.3) is 0 Å². The molecule has 1 saturated heterocycles. The maximum absolute atomic E-state index is 9.28. The zero-order valence-corrected chi connectivity index (χ0v) is 10.2. The first-order valence-electron chi connectivity index (χ1n) is 6.09. The molecule has 1 unspecified atom stereocenters. The minimum absolute atomic E-state index is 0.245. The molecule has 1 aliphatic heterocycles. The topological polar surface area (TPSA) is 47.3 Å². The van der Waals surface area contributed by atoms with Crippen LogP contribution in [0.15, 0.2) is 18.2 Å². The highest BCUT2D eigenvalue weighted by Gasteiger charge is 2.23. The Kier molecular flexibility index (Phi) is 3.78. The van der Waals surface area contributed by atoms with E-state index in [-0.39, 0.29) is 6.61 Å². The van der Waals surface area contributed by atoms with Crippen LogP contribution >= 0.6 is 0 Å². The number of rotatable bonds is 3. The first kappa shape index (κ1) is 12.1. The number of benzene rings is 1. The molecule has 1 atom stereocenters. The van der Waals surface area contributed by atoms with Crippen LogP contribution in [-0.4, -0.2) is 29.2 Å². The van der Waals surface area contributed by atoms with Crippen molar-refractivity contribution in [2.45, 2.75) is 32.4 Å². The first-order chi connectivity index (χ1) is 8.24. The maximum Gasteiger partial charge on any atom is 0.0991 e. The van der Waals surface area contributed by atoms with Crippen molar-refractivity contribution >= 4 is 0 Å². The molecule has 1 aromatic rings. The molecule has 1 aliphatic rings. The minimum Gasteiger partial charge on any atom is -0.395 e. The van der Waals surface area contributed by atoms with Crippen molar-refractivity contribution in [3.63, 3.8) is 0 Å². The molecule has 1 heterocycles. The molecule has 0 aromatic heterocycles. The number of aliphatic hydroxyl groups is 1. The van der Waals surface area contributed by atoms with Gasteiger partial charge in [-0.25, -0.2) is 0 Å². The van der Waals surface area contributed by atoms with E-state index < -0.39 is 0 Å². The SMILES string of the molecule is Cc1cc(C#N)ccc1CN1CCCC1CO. The Morgan fingerprint density at radius 3 is 3.00 bits per heavy atom. The second kappa shape index (κ2) is 5.31. The third kappa shape index (κ3) is 2.66. The molecule has 3 nitrogen and oxygen atoms in total. The Hall–Kier alpha value is -1.37. The van der Waals surface area contributed by atoms with Crippen LogP contribution in [0.25, 0.3) is 0 Å². The second-order valence-corrected chi connectivity index (χ2v) is 4.70. The molecule has 1 fully saturated rings. The van der Waals surface area contributed by atoms with Gasteiger partial charge in [0.15, 0.2) is 0 Å². The molecular weight excluding hydrogens is 212 g/mol. The molecule has 0 bridgehead atoms. The van der Waals surface area contributed by atoms with Gasteiger partial charge in [0.1, 0.15) is 0 Å². The van der Waals surface area contributed by atoms with Crippen molar-refractivity contribution < 1.29 is 5.11 Å². The van der Waals surface area contributed by atoms with Gasteiger partial charge < -0.3 is 5.11 Å². The van der Waals surface area contributed by atoms with Gasteiger partial charge in [0, 0.05) is 12.6 Å². The van der Waals surface area contributed by atoms with Gasteiger partial charge in [-0.15, -0.1) is 0 Å². The van der Waals surface area contributed by atoms with Crippen LogP contribution in [-0.2, 0) is 6.54 Å². The number of hydrogen-bond acceptors (Lipinski definition) is 3. The van der Waals surface area contributed by atoms with E-state index in [4.69, 9.17) is 5.26 Å². The molecule has 1 aromatic carbocycles. The van der Waals surface area contributed by atoms with E-state index in [9.17, 15) is 5.11 Å². The zero-order valence-electron chi connectivity index (χ0n) is 10.2. The highest BCUT2D eigenvalue weighted by molar-refractivity contribution is 5.37. The Labute approximate surface area is 102 Å². The Morgan fingerprint density at radius 1 is 1.53 bits per heavy atom. The van der Waals surface area contributed by atoms with Crippen LogP contribution in [0.2, 0.25) is 0 Å². The number of likely N-dealkylation sites (tertiary alicyclic amines) is 1. The minimum atomic E-state index is 0.245. The third-order valence-corrected chi connectivity index (χ3v) is 3.55. The van der Waals surface area contributed by atoms with Gasteiger partial charge in [-0.2, -0.15) is 5.26 Å². The number of nitrogens with zero attached hydrogens (tertiary/aromatic N) is 2. The lowest BCUT2D eigenvalue weighted by atomic mass is 10.0. The van der Waals surface area contributed by atoms with Crippen molar-refractivity contribution in [2.75, 3.05) is 13.2 Å². The van der Waals surface area contributed by atoms with E-state index in [0.717, 1.165) is 25.1 Å². The summed E-state index contributed by atoms with van der Waals surface area (Å²) in [6, 6.07) is 8.29. The van der Waals surface area contributed by atoms with Gasteiger partial charge in [0.2, 0.25) is 0 Å². The molecule has 90 valence electrons. The summed E-state index contributed by atoms with van der Waals surface area (Å²) in [4.78, 5) is 2.33. The molecule has 3 heteroatoms. The average molecular weight is 230 g/mol. The number of hydrogen-bond donors (Lipinski definition) is 1. The fraction of sp³-hybridized carbons (Fsp3) is 0.500. The Bertz CT molecular complexity index is 436. The van der Waals surface area contributed by atoms with Crippen LogP contribution in [0, 0.1) is 18.3 Å². The first-order valence-corrected chi connectivity index (χ1v) is 6.09. The van der Waals surface area contributed by atoms with E-state index in [1.54, 1.807) is 0 Å². The number of nitriles is 1. The van der Waals surface area contributed by atoms with E-state index >= 15 is 0 Å². The quantitative estimate of drug-likeness (QED) is 0.861. The van der Waals surface area contributed by atoms with Gasteiger partial charge >= 0.3 is 0 Å². The average Bonchev–Trinajstić information content (AvgIpc) is 2.79. The number of aliphatic hydroxyl groups excluding tert-OH is 1. The maximum atomic E-state index is 9.28. The van der Waals surface area contributed by atoms with Crippen LogP contribution in [0.4, 0.5) is 0 Å². The van der Waals surface area contributed by atoms with Crippen molar-refractivity contribution in [3.8, 4) is 6.07 Å². The van der Waals surface area contributed by atoms with Crippen LogP contribution in [0.1, 0.15) is 29.5 Å². The monoisotopic (exact) mass is 230 g/mol. The Balaban J connectivity index is 2.11. The standard InChI is InChI=1S/C14H18N2O/c1-11-7-12(8-15)4-5-13(11)9-16-6-2-3-14(16)10-17/h4-5,7,14,17H,2-3,6,9-10H2,1H3. The molecular formula is C14H18N2O. The van der Waals surface area contributed by atoms with E-state index in [0.29, 0.717) is 11.6 Å². The van der Waals surface area contributed by atoms with E-state index in [1.807, 2.05) is 25.1 Å². The number of aryl methyl sites for hydroxylation is 1. The van der Waals surface area contributed by atoms with Crippen LogP contribution in [0.3, 0.4) is 0 Å². The van der Waals surface area contributed by atoms with Crippen molar-refractivity contribution in [2.24, 2.45) is 0 Å². The lowest BCUT2D eigenvalue weighted by Crippen LogP contribution is -2.31. The van der Waals surface area contributed by atoms with Crippen molar-refractivity contribution in [3.05, 3.63) is 34.9 Å².